The lowest BCUT2D eigenvalue weighted by molar-refractivity contribution is -0.136. The number of anilines is 1. The van der Waals surface area contributed by atoms with Gasteiger partial charge in [0.25, 0.3) is 5.91 Å². The van der Waals surface area contributed by atoms with Gasteiger partial charge in [-0.15, -0.1) is 0 Å². The van der Waals surface area contributed by atoms with Gasteiger partial charge in [-0.3, -0.25) is 4.79 Å². The summed E-state index contributed by atoms with van der Waals surface area (Å²) in [6, 6.07) is 0.991. The number of nitrogens with one attached hydrogen (secondary N) is 1. The van der Waals surface area contributed by atoms with Crippen LogP contribution in [0.3, 0.4) is 0 Å². The average molecular weight is 359 g/mol. The molecule has 3 heterocycles. The molecule has 0 bridgehead atoms. The fraction of sp³-hybridized carbons (Fsp3) is 0.737. The highest BCUT2D eigenvalue weighted by Gasteiger charge is 2.43. The van der Waals surface area contributed by atoms with E-state index in [0.29, 0.717) is 12.1 Å². The maximum atomic E-state index is 11.5. The normalized spacial score (nSPS) is 27.5. The Morgan fingerprint density at radius 2 is 2.08 bits per heavy atom. The first-order valence-corrected chi connectivity index (χ1v) is 9.76. The van der Waals surface area contributed by atoms with E-state index in [1.807, 2.05) is 13.8 Å². The zero-order valence-corrected chi connectivity index (χ0v) is 15.8. The van der Waals surface area contributed by atoms with Crippen molar-refractivity contribution in [3.05, 3.63) is 17.1 Å². The molecular formula is C19H29N5O2. The third-order valence-electron chi connectivity index (χ3n) is 6.30. The van der Waals surface area contributed by atoms with Crippen LogP contribution in [0.25, 0.3) is 0 Å². The molecule has 7 heteroatoms. The molecule has 1 unspecified atom stereocenters. The van der Waals surface area contributed by atoms with Gasteiger partial charge in [-0.2, -0.15) is 0 Å². The van der Waals surface area contributed by atoms with Crippen molar-refractivity contribution in [2.75, 3.05) is 24.6 Å². The molecule has 3 N–H and O–H groups in total. The average Bonchev–Trinajstić information content (AvgIpc) is 3.04. The number of ether oxygens (including phenoxy) is 1. The Morgan fingerprint density at radius 3 is 2.77 bits per heavy atom. The van der Waals surface area contributed by atoms with Crippen molar-refractivity contribution < 1.29 is 9.53 Å². The highest BCUT2D eigenvalue weighted by molar-refractivity contribution is 5.89. The van der Waals surface area contributed by atoms with Crippen molar-refractivity contribution in [3.8, 4) is 0 Å². The monoisotopic (exact) mass is 359 g/mol. The van der Waals surface area contributed by atoms with Crippen LogP contribution in [0, 0.1) is 13.8 Å². The molecule has 0 aromatic carbocycles. The van der Waals surface area contributed by atoms with Gasteiger partial charge in [-0.05, 0) is 52.4 Å². The van der Waals surface area contributed by atoms with E-state index < -0.39 is 5.91 Å². The summed E-state index contributed by atoms with van der Waals surface area (Å²) < 4.78 is 6.04. The summed E-state index contributed by atoms with van der Waals surface area (Å²) in [6.45, 7) is 6.62. The lowest BCUT2D eigenvalue weighted by Gasteiger charge is -2.47. The van der Waals surface area contributed by atoms with Crippen molar-refractivity contribution in [1.82, 2.24) is 15.3 Å². The van der Waals surface area contributed by atoms with Crippen LogP contribution in [0.2, 0.25) is 0 Å². The number of aryl methyl sites for hydroxylation is 1. The van der Waals surface area contributed by atoms with Gasteiger partial charge in [0.15, 0.2) is 0 Å². The summed E-state index contributed by atoms with van der Waals surface area (Å²) in [6.07, 6.45) is 7.06. The lowest BCUT2D eigenvalue weighted by Crippen LogP contribution is -2.53. The zero-order valence-electron chi connectivity index (χ0n) is 15.8. The fourth-order valence-electron chi connectivity index (χ4n) is 4.54. The second kappa shape index (κ2) is 6.78. The standard InChI is InChI=1S/C19H29N5O2/c1-12-13(2)21-17(16(20)25)23-18(12)24-8-4-15(11-24)22-14-5-9-26-19(10-14)6-3-7-19/h14-15,22H,3-11H2,1-2H3,(H2,20,25)/t14?,15-/m1/s1. The Balaban J connectivity index is 1.41. The van der Waals surface area contributed by atoms with Crippen molar-refractivity contribution in [3.63, 3.8) is 0 Å². The quantitative estimate of drug-likeness (QED) is 0.845. The molecule has 1 amide bonds. The molecule has 7 nitrogen and oxygen atoms in total. The second-order valence-electron chi connectivity index (χ2n) is 8.12. The van der Waals surface area contributed by atoms with Crippen LogP contribution in [0.1, 0.15) is 60.4 Å². The molecule has 1 saturated carbocycles. The van der Waals surface area contributed by atoms with E-state index >= 15 is 0 Å². The van der Waals surface area contributed by atoms with Crippen LogP contribution in [0.15, 0.2) is 0 Å². The third-order valence-corrected chi connectivity index (χ3v) is 6.30. The minimum atomic E-state index is -0.573. The van der Waals surface area contributed by atoms with Crippen LogP contribution in [-0.2, 0) is 4.74 Å². The number of amides is 1. The number of rotatable bonds is 4. The number of aromatic nitrogens is 2. The molecule has 3 fully saturated rings. The maximum absolute atomic E-state index is 11.5. The molecule has 3 aliphatic rings. The second-order valence-corrected chi connectivity index (χ2v) is 8.12. The molecule has 1 aromatic rings. The van der Waals surface area contributed by atoms with Crippen molar-refractivity contribution >= 4 is 11.7 Å². The largest absolute Gasteiger partial charge is 0.375 e. The Labute approximate surface area is 154 Å². The topological polar surface area (TPSA) is 93.4 Å². The van der Waals surface area contributed by atoms with Gasteiger partial charge >= 0.3 is 0 Å². The summed E-state index contributed by atoms with van der Waals surface area (Å²) in [5, 5.41) is 3.86. The first-order chi connectivity index (χ1) is 12.5. The van der Waals surface area contributed by atoms with Gasteiger partial charge in [0, 0.05) is 43.0 Å². The third kappa shape index (κ3) is 3.30. The van der Waals surface area contributed by atoms with E-state index in [0.717, 1.165) is 56.0 Å². The first kappa shape index (κ1) is 17.7. The van der Waals surface area contributed by atoms with Gasteiger partial charge in [0.05, 0.1) is 5.60 Å². The number of carbonyl (C=O) groups is 1. The van der Waals surface area contributed by atoms with E-state index in [2.05, 4.69) is 20.2 Å². The number of carbonyl (C=O) groups excluding carboxylic acids is 1. The molecule has 0 radical (unpaired) electrons. The highest BCUT2D eigenvalue weighted by atomic mass is 16.5. The van der Waals surface area contributed by atoms with Gasteiger partial charge in [-0.25, -0.2) is 9.97 Å². The Hall–Kier alpha value is -1.73. The number of nitrogens with zero attached hydrogens (tertiary/aromatic N) is 3. The van der Waals surface area contributed by atoms with Gasteiger partial charge in [0.1, 0.15) is 5.82 Å². The summed E-state index contributed by atoms with van der Waals surface area (Å²) >= 11 is 0. The van der Waals surface area contributed by atoms with Gasteiger partial charge < -0.3 is 20.7 Å². The van der Waals surface area contributed by atoms with Crippen LogP contribution >= 0.6 is 0 Å². The van der Waals surface area contributed by atoms with E-state index in [9.17, 15) is 4.79 Å². The summed E-state index contributed by atoms with van der Waals surface area (Å²) in [4.78, 5) is 22.4. The number of hydrogen-bond donors (Lipinski definition) is 2. The van der Waals surface area contributed by atoms with Crippen LogP contribution in [0.4, 0.5) is 5.82 Å². The molecule has 26 heavy (non-hydrogen) atoms. The van der Waals surface area contributed by atoms with Gasteiger partial charge in [0.2, 0.25) is 5.82 Å². The molecule has 1 spiro atoms. The minimum Gasteiger partial charge on any atom is -0.375 e. The molecule has 2 atom stereocenters. The van der Waals surface area contributed by atoms with E-state index in [-0.39, 0.29) is 11.4 Å². The van der Waals surface area contributed by atoms with E-state index in [4.69, 9.17) is 10.5 Å². The van der Waals surface area contributed by atoms with E-state index in [1.54, 1.807) is 0 Å². The molecule has 1 aromatic heterocycles. The lowest BCUT2D eigenvalue weighted by atomic mass is 9.74. The SMILES string of the molecule is Cc1nc(C(N)=O)nc(N2CC[C@@H](NC3CCOC4(CCC4)C3)C2)c1C. The number of nitrogens with two attached hydrogens (primary N) is 1. The number of primary amides is 1. The molecule has 1 aliphatic carbocycles. The molecule has 2 aliphatic heterocycles. The predicted octanol–water partition coefficient (Wildman–Crippen LogP) is 1.46. The van der Waals surface area contributed by atoms with Crippen LogP contribution in [0.5, 0.6) is 0 Å². The van der Waals surface area contributed by atoms with Gasteiger partial charge in [-0.1, -0.05) is 0 Å². The maximum Gasteiger partial charge on any atom is 0.286 e. The van der Waals surface area contributed by atoms with Crippen LogP contribution in [-0.4, -0.2) is 53.3 Å². The zero-order chi connectivity index (χ0) is 18.3. The van der Waals surface area contributed by atoms with Crippen molar-refractivity contribution in [2.45, 2.75) is 70.1 Å². The predicted molar refractivity (Wildman–Crippen MR) is 99.3 cm³/mol. The fourth-order valence-corrected chi connectivity index (χ4v) is 4.54. The molecule has 4 rings (SSSR count). The molecule has 2 saturated heterocycles. The molecular weight excluding hydrogens is 330 g/mol. The summed E-state index contributed by atoms with van der Waals surface area (Å²) in [5.41, 5.74) is 7.40. The first-order valence-electron chi connectivity index (χ1n) is 9.76. The Bertz CT molecular complexity index is 703. The Kier molecular flexibility index (Phi) is 4.61. The van der Waals surface area contributed by atoms with Crippen molar-refractivity contribution in [1.29, 1.82) is 0 Å². The summed E-state index contributed by atoms with van der Waals surface area (Å²) in [7, 11) is 0. The van der Waals surface area contributed by atoms with Crippen molar-refractivity contribution in [2.24, 2.45) is 5.73 Å². The smallest absolute Gasteiger partial charge is 0.286 e. The summed E-state index contributed by atoms with van der Waals surface area (Å²) in [5.74, 6) is 0.380. The Morgan fingerprint density at radius 1 is 1.27 bits per heavy atom. The number of hydrogen-bond acceptors (Lipinski definition) is 6. The van der Waals surface area contributed by atoms with Crippen LogP contribution < -0.4 is 16.0 Å². The van der Waals surface area contributed by atoms with E-state index in [1.165, 1.54) is 19.3 Å². The minimum absolute atomic E-state index is 0.107. The highest BCUT2D eigenvalue weighted by Crippen LogP contribution is 2.42. The molecule has 142 valence electrons.